The molecule has 0 fully saturated rings. The van der Waals surface area contributed by atoms with Crippen molar-refractivity contribution in [3.05, 3.63) is 44.1 Å². The number of carbonyl (C=O) groups is 1. The minimum atomic E-state index is -3.87. The lowest BCUT2D eigenvalue weighted by molar-refractivity contribution is 0.0967. The van der Waals surface area contributed by atoms with Crippen LogP contribution in [0.3, 0.4) is 0 Å². The summed E-state index contributed by atoms with van der Waals surface area (Å²) in [4.78, 5) is 12.5. The van der Waals surface area contributed by atoms with Crippen molar-refractivity contribution in [1.82, 2.24) is 5.32 Å². The molecule has 1 aromatic heterocycles. The minimum Gasteiger partial charge on any atom is -0.354 e. The van der Waals surface area contributed by atoms with E-state index in [9.17, 15) is 13.2 Å². The Morgan fingerprint density at radius 1 is 1.23 bits per heavy atom. The number of anilines is 1. The number of hydrogen-bond donors (Lipinski definition) is 2. The molecule has 0 aliphatic rings. The van der Waals surface area contributed by atoms with Gasteiger partial charge in [0.25, 0.3) is 15.9 Å². The second-order valence-corrected chi connectivity index (χ2v) is 8.09. The van der Waals surface area contributed by atoms with Crippen LogP contribution >= 0.6 is 34.5 Å². The molecule has 2 aromatic rings. The summed E-state index contributed by atoms with van der Waals surface area (Å²) >= 11 is 12.9. The van der Waals surface area contributed by atoms with Gasteiger partial charge in [-0.3, -0.25) is 9.52 Å². The van der Waals surface area contributed by atoms with E-state index in [1.54, 1.807) is 13.0 Å². The first-order valence-electron chi connectivity index (χ1n) is 6.05. The van der Waals surface area contributed by atoms with Crippen molar-refractivity contribution in [3.8, 4) is 0 Å². The van der Waals surface area contributed by atoms with Crippen LogP contribution < -0.4 is 10.0 Å². The molecule has 0 atom stereocenters. The Morgan fingerprint density at radius 2 is 1.91 bits per heavy atom. The van der Waals surface area contributed by atoms with Crippen molar-refractivity contribution < 1.29 is 13.2 Å². The van der Waals surface area contributed by atoms with E-state index in [0.29, 0.717) is 14.8 Å². The maximum atomic E-state index is 12.5. The van der Waals surface area contributed by atoms with Gasteiger partial charge in [-0.1, -0.05) is 23.2 Å². The lowest BCUT2D eigenvalue weighted by atomic mass is 10.3. The Morgan fingerprint density at radius 3 is 2.55 bits per heavy atom. The van der Waals surface area contributed by atoms with Gasteiger partial charge in [-0.05, 0) is 31.2 Å². The van der Waals surface area contributed by atoms with E-state index < -0.39 is 10.0 Å². The topological polar surface area (TPSA) is 75.3 Å². The summed E-state index contributed by atoms with van der Waals surface area (Å²) in [6.45, 7) is 1.63. The van der Waals surface area contributed by atoms with Crippen molar-refractivity contribution in [1.29, 1.82) is 0 Å². The average molecular weight is 379 g/mol. The van der Waals surface area contributed by atoms with Crippen molar-refractivity contribution >= 4 is 56.2 Å². The van der Waals surface area contributed by atoms with E-state index in [2.05, 4.69) is 10.0 Å². The van der Waals surface area contributed by atoms with Gasteiger partial charge in [-0.2, -0.15) is 0 Å². The number of sulfonamides is 1. The van der Waals surface area contributed by atoms with E-state index in [4.69, 9.17) is 23.2 Å². The standard InChI is InChI=1S/C13H12Cl2N2O3S2/c1-7-12(6-11(21-7)13(18)16-2)22(19,20)17-10-5-8(14)3-4-9(10)15/h3-6,17H,1-2H3,(H,16,18). The van der Waals surface area contributed by atoms with Crippen molar-refractivity contribution in [2.24, 2.45) is 0 Å². The Labute approximate surface area is 142 Å². The predicted molar refractivity (Wildman–Crippen MR) is 89.7 cm³/mol. The summed E-state index contributed by atoms with van der Waals surface area (Å²) in [5.41, 5.74) is 0.182. The number of nitrogens with one attached hydrogen (secondary N) is 2. The summed E-state index contributed by atoms with van der Waals surface area (Å²) in [5, 5.41) is 3.04. The summed E-state index contributed by atoms with van der Waals surface area (Å²) < 4.78 is 27.3. The van der Waals surface area contributed by atoms with E-state index >= 15 is 0 Å². The fraction of sp³-hybridized carbons (Fsp3) is 0.154. The molecule has 1 aromatic carbocycles. The average Bonchev–Trinajstić information content (AvgIpc) is 2.84. The molecule has 1 heterocycles. The molecule has 0 aliphatic carbocycles. The number of aryl methyl sites for hydroxylation is 1. The van der Waals surface area contributed by atoms with Crippen LogP contribution in [0.1, 0.15) is 14.5 Å². The van der Waals surface area contributed by atoms with Gasteiger partial charge in [-0.25, -0.2) is 8.42 Å². The number of halogens is 2. The lowest BCUT2D eigenvalue weighted by Gasteiger charge is -2.09. The van der Waals surface area contributed by atoms with Crippen LogP contribution in [-0.2, 0) is 10.0 Å². The molecule has 0 saturated heterocycles. The highest BCUT2D eigenvalue weighted by Gasteiger charge is 2.23. The van der Waals surface area contributed by atoms with Gasteiger partial charge in [0.1, 0.15) is 4.90 Å². The molecule has 2 rings (SSSR count). The Kier molecular flexibility index (Phi) is 5.01. The molecule has 2 N–H and O–H groups in total. The van der Waals surface area contributed by atoms with Crippen molar-refractivity contribution in [2.45, 2.75) is 11.8 Å². The third-order valence-corrected chi connectivity index (χ3v) is 6.02. The number of thiophene rings is 1. The van der Waals surface area contributed by atoms with E-state index in [-0.39, 0.29) is 21.5 Å². The molecule has 0 bridgehead atoms. The monoisotopic (exact) mass is 378 g/mol. The molecule has 0 aliphatic heterocycles. The quantitative estimate of drug-likeness (QED) is 0.854. The molecule has 0 unspecified atom stereocenters. The Hall–Kier alpha value is -1.28. The first-order valence-corrected chi connectivity index (χ1v) is 9.10. The van der Waals surface area contributed by atoms with Gasteiger partial charge in [-0.15, -0.1) is 11.3 Å². The van der Waals surface area contributed by atoms with Crippen LogP contribution in [0.4, 0.5) is 5.69 Å². The van der Waals surface area contributed by atoms with Gasteiger partial charge < -0.3 is 5.32 Å². The van der Waals surface area contributed by atoms with Gasteiger partial charge in [0.05, 0.1) is 15.6 Å². The van der Waals surface area contributed by atoms with Crippen LogP contribution in [0, 0.1) is 6.92 Å². The summed E-state index contributed by atoms with van der Waals surface area (Å²) in [5.74, 6) is -0.338. The van der Waals surface area contributed by atoms with Crippen LogP contribution in [-0.4, -0.2) is 21.4 Å². The van der Waals surface area contributed by atoms with Gasteiger partial charge in [0.15, 0.2) is 0 Å². The highest BCUT2D eigenvalue weighted by Crippen LogP contribution is 2.31. The molecule has 0 saturated carbocycles. The van der Waals surface area contributed by atoms with E-state index in [1.807, 2.05) is 0 Å². The molecule has 0 radical (unpaired) electrons. The maximum absolute atomic E-state index is 12.5. The van der Waals surface area contributed by atoms with Crippen molar-refractivity contribution in [2.75, 3.05) is 11.8 Å². The predicted octanol–water partition coefficient (Wildman–Crippen LogP) is 3.52. The third-order valence-electron chi connectivity index (χ3n) is 2.79. The molecule has 22 heavy (non-hydrogen) atoms. The molecular weight excluding hydrogens is 367 g/mol. The molecule has 9 heteroatoms. The first kappa shape index (κ1) is 17.1. The Balaban J connectivity index is 2.41. The fourth-order valence-electron chi connectivity index (χ4n) is 1.74. The zero-order valence-corrected chi connectivity index (χ0v) is 14.8. The molecule has 0 spiro atoms. The SMILES string of the molecule is CNC(=O)c1cc(S(=O)(=O)Nc2cc(Cl)ccc2Cl)c(C)s1. The number of rotatable bonds is 4. The second-order valence-electron chi connectivity index (χ2n) is 4.34. The minimum absolute atomic E-state index is 0.0344. The molecule has 1 amide bonds. The van der Waals surface area contributed by atoms with Gasteiger partial charge in [0.2, 0.25) is 0 Å². The zero-order chi connectivity index (χ0) is 16.5. The highest BCUT2D eigenvalue weighted by molar-refractivity contribution is 7.93. The summed E-state index contributed by atoms with van der Waals surface area (Å²) in [7, 11) is -2.39. The first-order chi connectivity index (χ1) is 10.2. The van der Waals surface area contributed by atoms with Crippen molar-refractivity contribution in [3.63, 3.8) is 0 Å². The summed E-state index contributed by atoms with van der Waals surface area (Å²) in [6.07, 6.45) is 0. The molecule has 5 nitrogen and oxygen atoms in total. The van der Waals surface area contributed by atoms with E-state index in [1.165, 1.54) is 25.2 Å². The van der Waals surface area contributed by atoms with Crippen LogP contribution in [0.25, 0.3) is 0 Å². The second kappa shape index (κ2) is 6.45. The largest absolute Gasteiger partial charge is 0.354 e. The fourth-order valence-corrected chi connectivity index (χ4v) is 4.75. The summed E-state index contributed by atoms with van der Waals surface area (Å²) in [6, 6.07) is 5.81. The molecular formula is C13H12Cl2N2O3S2. The molecule has 118 valence electrons. The third kappa shape index (κ3) is 3.55. The van der Waals surface area contributed by atoms with E-state index in [0.717, 1.165) is 11.3 Å². The zero-order valence-electron chi connectivity index (χ0n) is 11.6. The number of carbonyl (C=O) groups excluding carboxylic acids is 1. The lowest BCUT2D eigenvalue weighted by Crippen LogP contribution is -2.16. The van der Waals surface area contributed by atoms with Crippen LogP contribution in [0.2, 0.25) is 10.0 Å². The van der Waals surface area contributed by atoms with Gasteiger partial charge >= 0.3 is 0 Å². The maximum Gasteiger partial charge on any atom is 0.263 e. The highest BCUT2D eigenvalue weighted by atomic mass is 35.5. The number of hydrogen-bond acceptors (Lipinski definition) is 4. The Bertz CT molecular complexity index is 832. The normalized spacial score (nSPS) is 11.3. The van der Waals surface area contributed by atoms with Crippen LogP contribution in [0.15, 0.2) is 29.2 Å². The number of benzene rings is 1. The van der Waals surface area contributed by atoms with Gasteiger partial charge in [0, 0.05) is 16.9 Å². The number of amides is 1. The smallest absolute Gasteiger partial charge is 0.263 e. The van der Waals surface area contributed by atoms with Crippen LogP contribution in [0.5, 0.6) is 0 Å².